The summed E-state index contributed by atoms with van der Waals surface area (Å²) in [5.74, 6) is -0.535. The molecule has 0 aromatic carbocycles. The zero-order valence-corrected chi connectivity index (χ0v) is 11.4. The molecule has 1 fully saturated rings. The van der Waals surface area contributed by atoms with Gasteiger partial charge in [0.15, 0.2) is 11.6 Å². The van der Waals surface area contributed by atoms with E-state index in [4.69, 9.17) is 0 Å². The maximum Gasteiger partial charge on any atom is 0.229 e. The van der Waals surface area contributed by atoms with Crippen molar-refractivity contribution in [2.75, 3.05) is 18.4 Å². The summed E-state index contributed by atoms with van der Waals surface area (Å²) in [5, 5.41) is 2.87. The second-order valence-corrected chi connectivity index (χ2v) is 4.56. The molecule has 0 aliphatic carbocycles. The SMILES string of the molecule is CCc1ncnc(NCCCN2C(=O)CCC2=O)c1F. The smallest absolute Gasteiger partial charge is 0.229 e. The molecule has 1 saturated heterocycles. The van der Waals surface area contributed by atoms with Crippen molar-refractivity contribution in [3.8, 4) is 0 Å². The summed E-state index contributed by atoms with van der Waals surface area (Å²) in [6.45, 7) is 2.62. The summed E-state index contributed by atoms with van der Waals surface area (Å²) >= 11 is 0. The normalized spacial score (nSPS) is 15.0. The fraction of sp³-hybridized carbons (Fsp3) is 0.538. The number of anilines is 1. The van der Waals surface area contributed by atoms with Gasteiger partial charge in [-0.1, -0.05) is 6.92 Å². The first-order valence-electron chi connectivity index (χ1n) is 6.70. The van der Waals surface area contributed by atoms with Crippen LogP contribution in [0.1, 0.15) is 31.9 Å². The van der Waals surface area contributed by atoms with Crippen LogP contribution in [0.4, 0.5) is 10.2 Å². The average molecular weight is 280 g/mol. The van der Waals surface area contributed by atoms with Crippen LogP contribution in [0.25, 0.3) is 0 Å². The standard InChI is InChI=1S/C13H17FN4O2/c1-2-9-12(14)13(17-8-16-9)15-6-3-7-18-10(19)4-5-11(18)20/h8H,2-7H2,1H3,(H,15,16,17). The van der Waals surface area contributed by atoms with E-state index >= 15 is 0 Å². The molecule has 0 saturated carbocycles. The Morgan fingerprint density at radius 1 is 1.30 bits per heavy atom. The van der Waals surface area contributed by atoms with Crippen molar-refractivity contribution < 1.29 is 14.0 Å². The Balaban J connectivity index is 1.82. The summed E-state index contributed by atoms with van der Waals surface area (Å²) in [5.41, 5.74) is 0.368. The number of carbonyl (C=O) groups excluding carboxylic acids is 2. The second kappa shape index (κ2) is 6.40. The van der Waals surface area contributed by atoms with Crippen molar-refractivity contribution in [3.05, 3.63) is 17.8 Å². The van der Waals surface area contributed by atoms with E-state index in [0.717, 1.165) is 0 Å². The van der Waals surface area contributed by atoms with Gasteiger partial charge in [-0.2, -0.15) is 0 Å². The van der Waals surface area contributed by atoms with Crippen molar-refractivity contribution in [2.24, 2.45) is 0 Å². The Hall–Kier alpha value is -2.05. The lowest BCUT2D eigenvalue weighted by Gasteiger charge is -2.14. The average Bonchev–Trinajstić information content (AvgIpc) is 2.76. The number of nitrogens with one attached hydrogen (secondary N) is 1. The topological polar surface area (TPSA) is 75.2 Å². The Labute approximate surface area is 116 Å². The van der Waals surface area contributed by atoms with Crippen molar-refractivity contribution in [1.82, 2.24) is 14.9 Å². The maximum atomic E-state index is 13.8. The summed E-state index contributed by atoms with van der Waals surface area (Å²) < 4.78 is 13.8. The van der Waals surface area contributed by atoms with Crippen LogP contribution < -0.4 is 5.32 Å². The molecular formula is C13H17FN4O2. The Morgan fingerprint density at radius 2 is 2.00 bits per heavy atom. The number of carbonyl (C=O) groups is 2. The number of rotatable bonds is 6. The predicted molar refractivity (Wildman–Crippen MR) is 70.4 cm³/mol. The number of likely N-dealkylation sites (tertiary alicyclic amines) is 1. The van der Waals surface area contributed by atoms with Gasteiger partial charge in [0, 0.05) is 25.9 Å². The molecule has 0 unspecified atom stereocenters. The summed E-state index contributed by atoms with van der Waals surface area (Å²) in [7, 11) is 0. The lowest BCUT2D eigenvalue weighted by Crippen LogP contribution is -2.31. The van der Waals surface area contributed by atoms with E-state index in [1.807, 2.05) is 6.92 Å². The molecule has 0 atom stereocenters. The molecule has 0 bridgehead atoms. The van der Waals surface area contributed by atoms with Gasteiger partial charge >= 0.3 is 0 Å². The van der Waals surface area contributed by atoms with E-state index in [2.05, 4.69) is 15.3 Å². The maximum absolute atomic E-state index is 13.8. The van der Waals surface area contributed by atoms with Crippen LogP contribution in [-0.4, -0.2) is 39.8 Å². The number of nitrogens with zero attached hydrogens (tertiary/aromatic N) is 3. The molecule has 6 nitrogen and oxygen atoms in total. The number of halogens is 1. The van der Waals surface area contributed by atoms with Crippen molar-refractivity contribution in [2.45, 2.75) is 32.6 Å². The molecule has 1 N–H and O–H groups in total. The lowest BCUT2D eigenvalue weighted by molar-refractivity contribution is -0.138. The van der Waals surface area contributed by atoms with Gasteiger partial charge in [-0.15, -0.1) is 0 Å². The third kappa shape index (κ3) is 3.09. The highest BCUT2D eigenvalue weighted by molar-refractivity contribution is 6.01. The number of aryl methyl sites for hydroxylation is 1. The third-order valence-electron chi connectivity index (χ3n) is 3.20. The predicted octanol–water partition coefficient (Wildman–Crippen LogP) is 1.13. The molecule has 2 heterocycles. The van der Waals surface area contributed by atoms with Crippen LogP contribution >= 0.6 is 0 Å². The van der Waals surface area contributed by atoms with E-state index in [0.29, 0.717) is 44.5 Å². The molecule has 1 aromatic heterocycles. The highest BCUT2D eigenvalue weighted by atomic mass is 19.1. The zero-order valence-electron chi connectivity index (χ0n) is 11.4. The van der Waals surface area contributed by atoms with Crippen molar-refractivity contribution >= 4 is 17.6 Å². The number of amides is 2. The Kier molecular flexibility index (Phi) is 4.60. The molecule has 1 aliphatic rings. The molecule has 108 valence electrons. The van der Waals surface area contributed by atoms with E-state index in [1.54, 1.807) is 0 Å². The molecule has 0 radical (unpaired) electrons. The summed E-state index contributed by atoms with van der Waals surface area (Å²) in [6, 6.07) is 0. The van der Waals surface area contributed by atoms with Gasteiger partial charge in [-0.05, 0) is 12.8 Å². The molecule has 1 aliphatic heterocycles. The van der Waals surface area contributed by atoms with Crippen LogP contribution in [0, 0.1) is 5.82 Å². The molecular weight excluding hydrogens is 263 g/mol. The minimum Gasteiger partial charge on any atom is -0.367 e. The van der Waals surface area contributed by atoms with Crippen molar-refractivity contribution in [3.63, 3.8) is 0 Å². The molecule has 2 rings (SSSR count). The van der Waals surface area contributed by atoms with Crippen LogP contribution in [0.15, 0.2) is 6.33 Å². The van der Waals surface area contributed by atoms with Gasteiger partial charge in [0.2, 0.25) is 11.8 Å². The Morgan fingerprint density at radius 3 is 2.65 bits per heavy atom. The largest absolute Gasteiger partial charge is 0.367 e. The number of imide groups is 1. The quantitative estimate of drug-likeness (QED) is 0.624. The fourth-order valence-corrected chi connectivity index (χ4v) is 2.09. The first-order chi connectivity index (χ1) is 9.63. The van der Waals surface area contributed by atoms with Gasteiger partial charge < -0.3 is 5.32 Å². The van der Waals surface area contributed by atoms with Crippen LogP contribution in [0.5, 0.6) is 0 Å². The minimum absolute atomic E-state index is 0.128. The van der Waals surface area contributed by atoms with Crippen molar-refractivity contribution in [1.29, 1.82) is 0 Å². The van der Waals surface area contributed by atoms with Gasteiger partial charge in [0.1, 0.15) is 6.33 Å². The van der Waals surface area contributed by atoms with E-state index in [-0.39, 0.29) is 17.6 Å². The van der Waals surface area contributed by atoms with E-state index in [9.17, 15) is 14.0 Å². The number of aromatic nitrogens is 2. The number of hydrogen-bond donors (Lipinski definition) is 1. The van der Waals surface area contributed by atoms with Gasteiger partial charge in [0.25, 0.3) is 0 Å². The highest BCUT2D eigenvalue weighted by Gasteiger charge is 2.27. The fourth-order valence-electron chi connectivity index (χ4n) is 2.09. The monoisotopic (exact) mass is 280 g/mol. The molecule has 1 aromatic rings. The van der Waals surface area contributed by atoms with Crippen LogP contribution in [0.2, 0.25) is 0 Å². The molecule has 7 heteroatoms. The Bertz CT molecular complexity index is 505. The lowest BCUT2D eigenvalue weighted by atomic mass is 10.3. The molecule has 0 spiro atoms. The van der Waals surface area contributed by atoms with Crippen LogP contribution in [0.3, 0.4) is 0 Å². The van der Waals surface area contributed by atoms with Gasteiger partial charge in [-0.3, -0.25) is 14.5 Å². The third-order valence-corrected chi connectivity index (χ3v) is 3.20. The second-order valence-electron chi connectivity index (χ2n) is 4.56. The first-order valence-corrected chi connectivity index (χ1v) is 6.70. The molecule has 20 heavy (non-hydrogen) atoms. The zero-order chi connectivity index (χ0) is 14.5. The summed E-state index contributed by atoms with van der Waals surface area (Å²) in [4.78, 5) is 31.7. The first kappa shape index (κ1) is 14.4. The molecule has 2 amide bonds. The van der Waals surface area contributed by atoms with Gasteiger partial charge in [-0.25, -0.2) is 14.4 Å². The summed E-state index contributed by atoms with van der Waals surface area (Å²) in [6.07, 6.45) is 2.97. The van der Waals surface area contributed by atoms with E-state index < -0.39 is 5.82 Å². The highest BCUT2D eigenvalue weighted by Crippen LogP contribution is 2.14. The van der Waals surface area contributed by atoms with Crippen LogP contribution in [-0.2, 0) is 16.0 Å². The minimum atomic E-state index is -0.441. The van der Waals surface area contributed by atoms with Gasteiger partial charge in [0.05, 0.1) is 5.69 Å². The van der Waals surface area contributed by atoms with E-state index in [1.165, 1.54) is 11.2 Å². The number of hydrogen-bond acceptors (Lipinski definition) is 5.